The van der Waals surface area contributed by atoms with Crippen molar-refractivity contribution >= 4 is 23.2 Å². The Kier molecular flexibility index (Phi) is 3.73. The smallest absolute Gasteiger partial charge is 0.223 e. The fraction of sp³-hybridized carbons (Fsp3) is 0.545. The van der Waals surface area contributed by atoms with Crippen LogP contribution in [0.15, 0.2) is 5.51 Å². The van der Waals surface area contributed by atoms with Gasteiger partial charge in [-0.1, -0.05) is 0 Å². The van der Waals surface area contributed by atoms with Crippen molar-refractivity contribution in [3.05, 3.63) is 16.1 Å². The molecule has 0 saturated carbocycles. The molecular weight excluding hydrogens is 238 g/mol. The van der Waals surface area contributed by atoms with Crippen LogP contribution in [0.3, 0.4) is 0 Å². The van der Waals surface area contributed by atoms with Crippen LogP contribution in [0.1, 0.15) is 23.4 Å². The third-order valence-corrected chi connectivity index (χ3v) is 3.82. The van der Waals surface area contributed by atoms with Crippen molar-refractivity contribution in [1.82, 2.24) is 15.6 Å². The predicted octanol–water partition coefficient (Wildman–Crippen LogP) is 0.594. The molecule has 1 saturated heterocycles. The van der Waals surface area contributed by atoms with E-state index in [0.29, 0.717) is 19.5 Å². The summed E-state index contributed by atoms with van der Waals surface area (Å²) in [6.07, 6.45) is 1.02. The van der Waals surface area contributed by atoms with E-state index in [2.05, 4.69) is 15.6 Å². The van der Waals surface area contributed by atoms with E-state index >= 15 is 0 Å². The molecule has 1 atom stereocenters. The third-order valence-electron chi connectivity index (χ3n) is 2.89. The highest BCUT2D eigenvalue weighted by Gasteiger charge is 2.25. The molecule has 17 heavy (non-hydrogen) atoms. The average Bonchev–Trinajstić information content (AvgIpc) is 2.72. The number of piperidine rings is 1. The zero-order chi connectivity index (χ0) is 12.3. The molecule has 0 radical (unpaired) electrons. The quantitative estimate of drug-likeness (QED) is 0.828. The lowest BCUT2D eigenvalue weighted by Crippen LogP contribution is -2.40. The molecule has 1 aromatic heterocycles. The number of nitrogens with one attached hydrogen (secondary N) is 2. The van der Waals surface area contributed by atoms with Gasteiger partial charge in [0.05, 0.1) is 17.7 Å². The molecule has 1 fully saturated rings. The molecule has 6 heteroatoms. The summed E-state index contributed by atoms with van der Waals surface area (Å²) in [4.78, 5) is 28.2. The summed E-state index contributed by atoms with van der Waals surface area (Å²) < 4.78 is 0. The first-order valence-corrected chi connectivity index (χ1v) is 6.48. The second-order valence-electron chi connectivity index (χ2n) is 4.12. The van der Waals surface area contributed by atoms with Crippen LogP contribution in [0.2, 0.25) is 0 Å². The highest BCUT2D eigenvalue weighted by Crippen LogP contribution is 2.15. The monoisotopic (exact) mass is 253 g/mol. The summed E-state index contributed by atoms with van der Waals surface area (Å²) in [7, 11) is 0. The van der Waals surface area contributed by atoms with E-state index < -0.39 is 0 Å². The molecule has 1 unspecified atom stereocenters. The Balaban J connectivity index is 1.85. The second-order valence-corrected chi connectivity index (χ2v) is 5.06. The van der Waals surface area contributed by atoms with Crippen LogP contribution in [-0.4, -0.2) is 23.3 Å². The molecule has 92 valence electrons. The standard InChI is InChI=1S/C11H15N3O2S/c1-7-9(17-6-14-7)5-13-11(16)8-2-3-12-10(15)4-8/h6,8H,2-5H2,1H3,(H,12,15)(H,13,16). The number of aromatic nitrogens is 1. The van der Waals surface area contributed by atoms with Crippen molar-refractivity contribution in [2.45, 2.75) is 26.3 Å². The molecule has 2 rings (SSSR count). The van der Waals surface area contributed by atoms with E-state index in [1.165, 1.54) is 11.3 Å². The van der Waals surface area contributed by atoms with Crippen LogP contribution < -0.4 is 10.6 Å². The number of nitrogens with zero attached hydrogens (tertiary/aromatic N) is 1. The Hall–Kier alpha value is -1.43. The Morgan fingerprint density at radius 3 is 3.18 bits per heavy atom. The van der Waals surface area contributed by atoms with Crippen molar-refractivity contribution in [2.75, 3.05) is 6.54 Å². The Morgan fingerprint density at radius 2 is 2.53 bits per heavy atom. The number of amides is 2. The van der Waals surface area contributed by atoms with Crippen LogP contribution in [0.5, 0.6) is 0 Å². The molecule has 1 aliphatic rings. The van der Waals surface area contributed by atoms with Gasteiger partial charge in [-0.2, -0.15) is 0 Å². The predicted molar refractivity (Wildman–Crippen MR) is 64.4 cm³/mol. The first-order valence-electron chi connectivity index (χ1n) is 5.60. The number of rotatable bonds is 3. The van der Waals surface area contributed by atoms with E-state index in [1.807, 2.05) is 6.92 Å². The molecular formula is C11H15N3O2S. The summed E-state index contributed by atoms with van der Waals surface area (Å²) in [6.45, 7) is 3.02. The highest BCUT2D eigenvalue weighted by atomic mass is 32.1. The molecule has 2 N–H and O–H groups in total. The lowest BCUT2D eigenvalue weighted by Gasteiger charge is -2.21. The van der Waals surface area contributed by atoms with Gasteiger partial charge in [-0.05, 0) is 13.3 Å². The van der Waals surface area contributed by atoms with Crippen LogP contribution in [0.4, 0.5) is 0 Å². The summed E-state index contributed by atoms with van der Waals surface area (Å²) >= 11 is 1.53. The van der Waals surface area contributed by atoms with Gasteiger partial charge in [0.2, 0.25) is 11.8 Å². The summed E-state index contributed by atoms with van der Waals surface area (Å²) in [5, 5.41) is 5.59. The minimum Gasteiger partial charge on any atom is -0.356 e. The van der Waals surface area contributed by atoms with Gasteiger partial charge >= 0.3 is 0 Å². The van der Waals surface area contributed by atoms with E-state index in [1.54, 1.807) is 5.51 Å². The van der Waals surface area contributed by atoms with Gasteiger partial charge in [0.25, 0.3) is 0 Å². The zero-order valence-corrected chi connectivity index (χ0v) is 10.5. The van der Waals surface area contributed by atoms with Crippen molar-refractivity contribution in [1.29, 1.82) is 0 Å². The normalized spacial score (nSPS) is 19.8. The maximum absolute atomic E-state index is 11.8. The zero-order valence-electron chi connectivity index (χ0n) is 9.66. The van der Waals surface area contributed by atoms with Crippen molar-refractivity contribution < 1.29 is 9.59 Å². The van der Waals surface area contributed by atoms with Gasteiger partial charge in [-0.3, -0.25) is 9.59 Å². The average molecular weight is 253 g/mol. The number of thiazole rings is 1. The Morgan fingerprint density at radius 1 is 1.71 bits per heavy atom. The largest absolute Gasteiger partial charge is 0.356 e. The minimum atomic E-state index is -0.183. The minimum absolute atomic E-state index is 0.0346. The Bertz CT molecular complexity index is 430. The third kappa shape index (κ3) is 3.03. The number of hydrogen-bond donors (Lipinski definition) is 2. The Labute approximate surface area is 104 Å². The van der Waals surface area contributed by atoms with E-state index in [4.69, 9.17) is 0 Å². The van der Waals surface area contributed by atoms with Crippen LogP contribution in [-0.2, 0) is 16.1 Å². The maximum atomic E-state index is 11.8. The van der Waals surface area contributed by atoms with Crippen LogP contribution in [0.25, 0.3) is 0 Å². The first-order chi connectivity index (χ1) is 8.16. The number of carbonyl (C=O) groups is 2. The maximum Gasteiger partial charge on any atom is 0.223 e. The fourth-order valence-electron chi connectivity index (χ4n) is 1.82. The lowest BCUT2D eigenvalue weighted by atomic mass is 9.97. The molecule has 0 aromatic carbocycles. The van der Waals surface area contributed by atoms with E-state index in [0.717, 1.165) is 17.0 Å². The number of aryl methyl sites for hydroxylation is 1. The van der Waals surface area contributed by atoms with Gasteiger partial charge in [-0.15, -0.1) is 11.3 Å². The molecule has 0 spiro atoms. The highest BCUT2D eigenvalue weighted by molar-refractivity contribution is 7.09. The molecule has 2 amide bonds. The van der Waals surface area contributed by atoms with Gasteiger partial charge in [0, 0.05) is 23.8 Å². The number of hydrogen-bond acceptors (Lipinski definition) is 4. The lowest BCUT2D eigenvalue weighted by molar-refractivity contribution is -0.132. The van der Waals surface area contributed by atoms with E-state index in [-0.39, 0.29) is 17.7 Å². The first kappa shape index (κ1) is 12.0. The molecule has 1 aromatic rings. The van der Waals surface area contributed by atoms with Gasteiger partial charge < -0.3 is 10.6 Å². The molecule has 5 nitrogen and oxygen atoms in total. The fourth-order valence-corrected chi connectivity index (χ4v) is 2.53. The van der Waals surface area contributed by atoms with Gasteiger partial charge in [0.1, 0.15) is 0 Å². The molecule has 0 bridgehead atoms. The summed E-state index contributed by atoms with van der Waals surface area (Å²) in [5.74, 6) is -0.255. The molecule has 0 aliphatic carbocycles. The summed E-state index contributed by atoms with van der Waals surface area (Å²) in [5.41, 5.74) is 2.72. The van der Waals surface area contributed by atoms with Gasteiger partial charge in [-0.25, -0.2) is 4.98 Å². The number of carbonyl (C=O) groups excluding carboxylic acids is 2. The van der Waals surface area contributed by atoms with E-state index in [9.17, 15) is 9.59 Å². The SMILES string of the molecule is Cc1ncsc1CNC(=O)C1CCNC(=O)C1. The topological polar surface area (TPSA) is 71.1 Å². The molecule has 2 heterocycles. The van der Waals surface area contributed by atoms with Crippen molar-refractivity contribution in [2.24, 2.45) is 5.92 Å². The van der Waals surface area contributed by atoms with Crippen LogP contribution in [0, 0.1) is 12.8 Å². The van der Waals surface area contributed by atoms with Crippen molar-refractivity contribution in [3.63, 3.8) is 0 Å². The van der Waals surface area contributed by atoms with Crippen molar-refractivity contribution in [3.8, 4) is 0 Å². The second kappa shape index (κ2) is 5.27. The van der Waals surface area contributed by atoms with Gasteiger partial charge in [0.15, 0.2) is 0 Å². The summed E-state index contributed by atoms with van der Waals surface area (Å²) in [6, 6.07) is 0. The molecule has 1 aliphatic heterocycles. The van der Waals surface area contributed by atoms with Crippen LogP contribution >= 0.6 is 11.3 Å².